The number of carboxylic acid groups (broad SMARTS) is 1. The van der Waals surface area contributed by atoms with Crippen LogP contribution in [-0.4, -0.2) is 32.1 Å². The molecule has 1 aliphatic heterocycles. The molecule has 0 saturated carbocycles. The molecule has 5 rings (SSSR count). The van der Waals surface area contributed by atoms with Crippen LogP contribution in [0.5, 0.6) is 11.8 Å². The van der Waals surface area contributed by atoms with E-state index in [-0.39, 0.29) is 16.6 Å². The first-order chi connectivity index (χ1) is 14.1. The molecule has 2 N–H and O–H groups in total. The number of carbonyl (C=O) groups is 2. The SMILES string of the molecule is O=C(O)c1sc2nccc3c2c1NC(=O)N3c1cnc(Oc2ccccc2)nc1. The van der Waals surface area contributed by atoms with E-state index in [1.54, 1.807) is 18.2 Å². The fourth-order valence-corrected chi connectivity index (χ4v) is 4.02. The fourth-order valence-electron chi connectivity index (χ4n) is 3.06. The first-order valence-electron chi connectivity index (χ1n) is 8.42. The van der Waals surface area contributed by atoms with Crippen molar-refractivity contribution in [2.45, 2.75) is 0 Å². The molecule has 2 amide bonds. The van der Waals surface area contributed by atoms with Crippen LogP contribution in [0.25, 0.3) is 10.2 Å². The molecule has 0 saturated heterocycles. The van der Waals surface area contributed by atoms with Crippen molar-refractivity contribution in [1.82, 2.24) is 15.0 Å². The molecule has 1 aromatic carbocycles. The van der Waals surface area contributed by atoms with Gasteiger partial charge in [0.25, 0.3) is 0 Å². The number of hydrogen-bond acceptors (Lipinski definition) is 7. The van der Waals surface area contributed by atoms with Crippen LogP contribution in [0.15, 0.2) is 55.0 Å². The lowest BCUT2D eigenvalue weighted by atomic mass is 10.1. The van der Waals surface area contributed by atoms with Crippen molar-refractivity contribution in [3.05, 3.63) is 59.9 Å². The van der Waals surface area contributed by atoms with Crippen molar-refractivity contribution in [2.24, 2.45) is 0 Å². The van der Waals surface area contributed by atoms with Gasteiger partial charge in [-0.1, -0.05) is 18.2 Å². The highest BCUT2D eigenvalue weighted by Crippen LogP contribution is 2.45. The van der Waals surface area contributed by atoms with E-state index < -0.39 is 12.0 Å². The van der Waals surface area contributed by atoms with E-state index in [1.165, 1.54) is 23.5 Å². The number of urea groups is 1. The van der Waals surface area contributed by atoms with Crippen LogP contribution in [0.1, 0.15) is 9.67 Å². The largest absolute Gasteiger partial charge is 0.477 e. The molecule has 0 aliphatic carbocycles. The fraction of sp³-hybridized carbons (Fsp3) is 0. The number of para-hydroxylation sites is 1. The van der Waals surface area contributed by atoms with Crippen molar-refractivity contribution >= 4 is 50.6 Å². The number of carboxylic acids is 1. The summed E-state index contributed by atoms with van der Waals surface area (Å²) in [6.07, 6.45) is 4.46. The van der Waals surface area contributed by atoms with Gasteiger partial charge in [-0.15, -0.1) is 11.3 Å². The van der Waals surface area contributed by atoms with Gasteiger partial charge in [0.1, 0.15) is 15.5 Å². The topological polar surface area (TPSA) is 118 Å². The van der Waals surface area contributed by atoms with Crippen LogP contribution < -0.4 is 15.0 Å². The Bertz CT molecular complexity index is 1260. The van der Waals surface area contributed by atoms with Gasteiger partial charge in [0.2, 0.25) is 0 Å². The maximum atomic E-state index is 12.8. The van der Waals surface area contributed by atoms with E-state index in [1.807, 2.05) is 18.2 Å². The van der Waals surface area contributed by atoms with Gasteiger partial charge < -0.3 is 15.2 Å². The summed E-state index contributed by atoms with van der Waals surface area (Å²) in [5.41, 5.74) is 1.17. The highest BCUT2D eigenvalue weighted by atomic mass is 32.1. The molecule has 0 spiro atoms. The Balaban J connectivity index is 1.54. The van der Waals surface area contributed by atoms with Gasteiger partial charge >= 0.3 is 18.0 Å². The lowest BCUT2D eigenvalue weighted by molar-refractivity contribution is 0.0703. The molecule has 0 atom stereocenters. The van der Waals surface area contributed by atoms with Crippen molar-refractivity contribution in [3.8, 4) is 11.8 Å². The maximum absolute atomic E-state index is 12.8. The summed E-state index contributed by atoms with van der Waals surface area (Å²) in [5.74, 6) is -0.524. The molecule has 10 heteroatoms. The number of pyridine rings is 1. The molecule has 0 radical (unpaired) electrons. The van der Waals surface area contributed by atoms with Crippen molar-refractivity contribution in [3.63, 3.8) is 0 Å². The van der Waals surface area contributed by atoms with E-state index >= 15 is 0 Å². The standard InChI is InChI=1S/C19H11N5O4S/c25-17(26)15-14-13-12(6-7-20-16(13)29-15)24(19(27)23-14)10-8-21-18(22-9-10)28-11-4-2-1-3-5-11/h1-9H,(H,23,27)(H,25,26). The third-order valence-corrected chi connectivity index (χ3v) is 5.35. The summed E-state index contributed by atoms with van der Waals surface area (Å²) in [6, 6.07) is 10.4. The first-order valence-corrected chi connectivity index (χ1v) is 9.24. The van der Waals surface area contributed by atoms with Gasteiger partial charge in [-0.25, -0.2) is 24.5 Å². The minimum Gasteiger partial charge on any atom is -0.477 e. The summed E-state index contributed by atoms with van der Waals surface area (Å²) in [7, 11) is 0. The van der Waals surface area contributed by atoms with Crippen molar-refractivity contribution < 1.29 is 19.4 Å². The van der Waals surface area contributed by atoms with E-state index in [2.05, 4.69) is 20.3 Å². The number of rotatable bonds is 4. The number of ether oxygens (including phenoxy) is 1. The molecule has 3 aromatic heterocycles. The Hall–Kier alpha value is -4.05. The Morgan fingerprint density at radius 3 is 2.59 bits per heavy atom. The molecule has 4 aromatic rings. The number of amides is 2. The number of benzene rings is 1. The number of anilines is 3. The zero-order valence-corrected chi connectivity index (χ0v) is 15.4. The van der Waals surface area contributed by atoms with Crippen LogP contribution in [0.2, 0.25) is 0 Å². The molecule has 0 unspecified atom stereocenters. The maximum Gasteiger partial charge on any atom is 0.348 e. The summed E-state index contributed by atoms with van der Waals surface area (Å²) in [4.78, 5) is 38.8. The quantitative estimate of drug-likeness (QED) is 0.521. The van der Waals surface area contributed by atoms with Gasteiger partial charge in [-0.3, -0.25) is 4.90 Å². The van der Waals surface area contributed by atoms with Crippen LogP contribution >= 0.6 is 11.3 Å². The summed E-state index contributed by atoms with van der Waals surface area (Å²) < 4.78 is 5.58. The summed E-state index contributed by atoms with van der Waals surface area (Å²) in [6.45, 7) is 0. The molecule has 1 aliphatic rings. The van der Waals surface area contributed by atoms with Gasteiger partial charge in [0.05, 0.1) is 34.8 Å². The number of aromatic carboxylic acids is 1. The van der Waals surface area contributed by atoms with Gasteiger partial charge in [0, 0.05) is 6.20 Å². The summed E-state index contributed by atoms with van der Waals surface area (Å²) >= 11 is 1.01. The Morgan fingerprint density at radius 1 is 1.10 bits per heavy atom. The molecule has 29 heavy (non-hydrogen) atoms. The molecule has 4 heterocycles. The zero-order chi connectivity index (χ0) is 20.0. The number of nitrogens with zero attached hydrogens (tertiary/aromatic N) is 4. The van der Waals surface area contributed by atoms with Crippen LogP contribution in [0, 0.1) is 0 Å². The lowest BCUT2D eigenvalue weighted by Crippen LogP contribution is -2.34. The Kier molecular flexibility index (Phi) is 3.85. The highest BCUT2D eigenvalue weighted by molar-refractivity contribution is 7.21. The van der Waals surface area contributed by atoms with E-state index in [4.69, 9.17) is 4.74 Å². The van der Waals surface area contributed by atoms with Gasteiger partial charge in [-0.05, 0) is 18.2 Å². The lowest BCUT2D eigenvalue weighted by Gasteiger charge is -2.27. The number of thiophene rings is 1. The molecular weight excluding hydrogens is 394 g/mol. The number of aromatic nitrogens is 3. The number of nitrogens with one attached hydrogen (secondary N) is 1. The molecule has 0 bridgehead atoms. The molecule has 0 fully saturated rings. The molecule has 9 nitrogen and oxygen atoms in total. The van der Waals surface area contributed by atoms with E-state index in [0.29, 0.717) is 27.3 Å². The monoisotopic (exact) mass is 405 g/mol. The van der Waals surface area contributed by atoms with Crippen molar-refractivity contribution in [2.75, 3.05) is 10.2 Å². The predicted octanol–water partition coefficient (Wildman–Crippen LogP) is 4.26. The minimum atomic E-state index is -1.12. The second kappa shape index (κ2) is 6.53. The number of carbonyl (C=O) groups excluding carboxylic acids is 1. The average Bonchev–Trinajstić information content (AvgIpc) is 3.10. The Labute approximate surface area is 167 Å². The van der Waals surface area contributed by atoms with E-state index in [0.717, 1.165) is 11.3 Å². The van der Waals surface area contributed by atoms with Crippen LogP contribution in [0.4, 0.5) is 21.9 Å². The first kappa shape index (κ1) is 17.1. The van der Waals surface area contributed by atoms with Gasteiger partial charge in [-0.2, -0.15) is 0 Å². The number of hydrogen-bond donors (Lipinski definition) is 2. The van der Waals surface area contributed by atoms with Gasteiger partial charge in [0.15, 0.2) is 0 Å². The second-order valence-corrected chi connectivity index (χ2v) is 7.03. The van der Waals surface area contributed by atoms with E-state index in [9.17, 15) is 14.7 Å². The summed E-state index contributed by atoms with van der Waals surface area (Å²) in [5, 5.41) is 12.6. The predicted molar refractivity (Wildman–Crippen MR) is 106 cm³/mol. The molecular formula is C19H11N5O4S. The zero-order valence-electron chi connectivity index (χ0n) is 14.6. The minimum absolute atomic E-state index is 0.0378. The smallest absolute Gasteiger partial charge is 0.348 e. The highest BCUT2D eigenvalue weighted by Gasteiger charge is 2.32. The normalized spacial score (nSPS) is 12.7. The van der Waals surface area contributed by atoms with Crippen molar-refractivity contribution in [1.29, 1.82) is 0 Å². The van der Waals surface area contributed by atoms with Crippen LogP contribution in [0.3, 0.4) is 0 Å². The van der Waals surface area contributed by atoms with Crippen LogP contribution in [-0.2, 0) is 0 Å². The average molecular weight is 405 g/mol. The third kappa shape index (κ3) is 2.82. The third-order valence-electron chi connectivity index (χ3n) is 4.27. The second-order valence-electron chi connectivity index (χ2n) is 6.03. The molecule has 142 valence electrons. The Morgan fingerprint density at radius 2 is 1.86 bits per heavy atom.